The second-order valence-electron chi connectivity index (χ2n) is 3.04. The Hall–Kier alpha value is -1.36. The number of nitrogens with one attached hydrogen (secondary N) is 2. The molecular formula is C8H10N2O3. The number of aromatic nitrogens is 2. The van der Waals surface area contributed by atoms with E-state index in [0.717, 1.165) is 12.8 Å². The van der Waals surface area contributed by atoms with Crippen molar-refractivity contribution in [3.63, 3.8) is 0 Å². The molecule has 1 atom stereocenters. The average Bonchev–Trinajstić information content (AvgIpc) is 2.53. The summed E-state index contributed by atoms with van der Waals surface area (Å²) in [5.41, 5.74) is -0.279. The SMILES string of the molecule is O=c1cc(C2CCCO2)[nH]c(=O)[nH]1. The highest BCUT2D eigenvalue weighted by molar-refractivity contribution is 5.03. The van der Waals surface area contributed by atoms with Gasteiger partial charge in [0.1, 0.15) is 0 Å². The van der Waals surface area contributed by atoms with Crippen molar-refractivity contribution in [2.45, 2.75) is 18.9 Å². The summed E-state index contributed by atoms with van der Waals surface area (Å²) < 4.78 is 5.33. The van der Waals surface area contributed by atoms with Crippen molar-refractivity contribution >= 4 is 0 Å². The minimum atomic E-state index is -0.474. The van der Waals surface area contributed by atoms with Crippen LogP contribution in [0.4, 0.5) is 0 Å². The summed E-state index contributed by atoms with van der Waals surface area (Å²) >= 11 is 0. The molecule has 0 aliphatic carbocycles. The number of aromatic amines is 2. The Morgan fingerprint density at radius 3 is 2.85 bits per heavy atom. The normalized spacial score (nSPS) is 22.0. The Labute approximate surface area is 73.8 Å². The predicted molar refractivity (Wildman–Crippen MR) is 45.6 cm³/mol. The third kappa shape index (κ3) is 1.70. The van der Waals surface area contributed by atoms with E-state index < -0.39 is 5.69 Å². The quantitative estimate of drug-likeness (QED) is 0.637. The lowest BCUT2D eigenvalue weighted by Gasteiger charge is -2.07. The fraction of sp³-hybridized carbons (Fsp3) is 0.500. The van der Waals surface area contributed by atoms with E-state index in [9.17, 15) is 9.59 Å². The van der Waals surface area contributed by atoms with Gasteiger partial charge >= 0.3 is 5.69 Å². The highest BCUT2D eigenvalue weighted by atomic mass is 16.5. The lowest BCUT2D eigenvalue weighted by atomic mass is 10.2. The Kier molecular flexibility index (Phi) is 2.02. The van der Waals surface area contributed by atoms with Gasteiger partial charge in [-0.2, -0.15) is 0 Å². The summed E-state index contributed by atoms with van der Waals surface area (Å²) in [5.74, 6) is 0. The third-order valence-electron chi connectivity index (χ3n) is 2.06. The molecule has 2 rings (SSSR count). The van der Waals surface area contributed by atoms with Gasteiger partial charge in [0.25, 0.3) is 5.56 Å². The zero-order chi connectivity index (χ0) is 9.26. The first-order chi connectivity index (χ1) is 6.25. The van der Waals surface area contributed by atoms with Crippen LogP contribution >= 0.6 is 0 Å². The first-order valence-corrected chi connectivity index (χ1v) is 4.21. The van der Waals surface area contributed by atoms with Gasteiger partial charge in [-0.15, -0.1) is 0 Å². The second kappa shape index (κ2) is 3.18. The van der Waals surface area contributed by atoms with Gasteiger partial charge in [0.05, 0.1) is 11.8 Å². The maximum Gasteiger partial charge on any atom is 0.325 e. The fourth-order valence-corrected chi connectivity index (χ4v) is 1.48. The van der Waals surface area contributed by atoms with Crippen LogP contribution in [0.3, 0.4) is 0 Å². The molecule has 0 aromatic carbocycles. The molecule has 13 heavy (non-hydrogen) atoms. The molecule has 1 fully saturated rings. The Balaban J connectivity index is 2.39. The van der Waals surface area contributed by atoms with E-state index in [4.69, 9.17) is 4.74 Å². The molecule has 0 amide bonds. The van der Waals surface area contributed by atoms with Crippen molar-refractivity contribution in [1.82, 2.24) is 9.97 Å². The van der Waals surface area contributed by atoms with Crippen LogP contribution in [0.2, 0.25) is 0 Å². The molecule has 1 aromatic heterocycles. The van der Waals surface area contributed by atoms with Crippen LogP contribution in [-0.2, 0) is 4.74 Å². The van der Waals surface area contributed by atoms with Crippen molar-refractivity contribution < 1.29 is 4.74 Å². The maximum atomic E-state index is 10.9. The summed E-state index contributed by atoms with van der Waals surface area (Å²) in [6.07, 6.45) is 1.72. The molecule has 1 aliphatic heterocycles. The predicted octanol–water partition coefficient (Wildman–Crippen LogP) is -0.0853. The maximum absolute atomic E-state index is 10.9. The molecule has 1 unspecified atom stereocenters. The number of H-pyrrole nitrogens is 2. The van der Waals surface area contributed by atoms with Crippen LogP contribution in [0, 0.1) is 0 Å². The van der Waals surface area contributed by atoms with E-state index >= 15 is 0 Å². The van der Waals surface area contributed by atoms with E-state index in [1.165, 1.54) is 6.07 Å². The minimum Gasteiger partial charge on any atom is -0.372 e. The molecule has 0 saturated carbocycles. The van der Waals surface area contributed by atoms with Crippen molar-refractivity contribution in [2.24, 2.45) is 0 Å². The minimum absolute atomic E-state index is 0.116. The zero-order valence-electron chi connectivity index (χ0n) is 7.00. The van der Waals surface area contributed by atoms with Gasteiger partial charge < -0.3 is 9.72 Å². The van der Waals surface area contributed by atoms with Crippen LogP contribution in [0.25, 0.3) is 0 Å². The monoisotopic (exact) mass is 182 g/mol. The van der Waals surface area contributed by atoms with Crippen LogP contribution in [0.5, 0.6) is 0 Å². The molecular weight excluding hydrogens is 172 g/mol. The molecule has 1 saturated heterocycles. The van der Waals surface area contributed by atoms with Crippen molar-refractivity contribution in [3.8, 4) is 0 Å². The standard InChI is InChI=1S/C8H10N2O3/c11-7-4-5(9-8(12)10-7)6-2-1-3-13-6/h4,6H,1-3H2,(H2,9,10,11,12). The first-order valence-electron chi connectivity index (χ1n) is 4.21. The Morgan fingerprint density at radius 1 is 1.38 bits per heavy atom. The molecule has 2 N–H and O–H groups in total. The largest absolute Gasteiger partial charge is 0.372 e. The number of hydrogen-bond donors (Lipinski definition) is 2. The zero-order valence-corrected chi connectivity index (χ0v) is 7.00. The van der Waals surface area contributed by atoms with Gasteiger partial charge in [-0.25, -0.2) is 4.79 Å². The lowest BCUT2D eigenvalue weighted by molar-refractivity contribution is 0.108. The van der Waals surface area contributed by atoms with Gasteiger partial charge in [-0.1, -0.05) is 0 Å². The smallest absolute Gasteiger partial charge is 0.325 e. The highest BCUT2D eigenvalue weighted by Gasteiger charge is 2.18. The van der Waals surface area contributed by atoms with Gasteiger partial charge in [0.15, 0.2) is 0 Å². The summed E-state index contributed by atoms with van der Waals surface area (Å²) in [7, 11) is 0. The van der Waals surface area contributed by atoms with E-state index in [2.05, 4.69) is 9.97 Å². The highest BCUT2D eigenvalue weighted by Crippen LogP contribution is 2.25. The van der Waals surface area contributed by atoms with Crippen molar-refractivity contribution in [1.29, 1.82) is 0 Å². The van der Waals surface area contributed by atoms with Gasteiger partial charge in [0, 0.05) is 12.7 Å². The van der Waals surface area contributed by atoms with Crippen LogP contribution in [0.1, 0.15) is 24.6 Å². The van der Waals surface area contributed by atoms with Crippen LogP contribution < -0.4 is 11.2 Å². The van der Waals surface area contributed by atoms with Crippen LogP contribution in [0.15, 0.2) is 15.7 Å². The molecule has 5 nitrogen and oxygen atoms in total. The van der Waals surface area contributed by atoms with E-state index in [1.807, 2.05) is 0 Å². The van der Waals surface area contributed by atoms with Crippen LogP contribution in [-0.4, -0.2) is 16.6 Å². The van der Waals surface area contributed by atoms with Crippen molar-refractivity contribution in [3.05, 3.63) is 32.6 Å². The summed E-state index contributed by atoms with van der Waals surface area (Å²) in [6, 6.07) is 1.37. The third-order valence-corrected chi connectivity index (χ3v) is 2.06. The molecule has 0 spiro atoms. The fourth-order valence-electron chi connectivity index (χ4n) is 1.48. The average molecular weight is 182 g/mol. The molecule has 0 radical (unpaired) electrons. The molecule has 5 heteroatoms. The first kappa shape index (κ1) is 8.25. The van der Waals surface area contributed by atoms with E-state index in [0.29, 0.717) is 12.3 Å². The van der Waals surface area contributed by atoms with E-state index in [-0.39, 0.29) is 11.7 Å². The summed E-state index contributed by atoms with van der Waals surface area (Å²) in [4.78, 5) is 26.5. The molecule has 2 heterocycles. The van der Waals surface area contributed by atoms with E-state index in [1.54, 1.807) is 0 Å². The molecule has 70 valence electrons. The molecule has 1 aromatic rings. The number of rotatable bonds is 1. The number of ether oxygens (including phenoxy) is 1. The Morgan fingerprint density at radius 2 is 2.23 bits per heavy atom. The summed E-state index contributed by atoms with van der Waals surface area (Å²) in [5, 5.41) is 0. The Bertz CT molecular complexity index is 372. The topological polar surface area (TPSA) is 75.0 Å². The molecule has 1 aliphatic rings. The molecule has 0 bridgehead atoms. The van der Waals surface area contributed by atoms with Gasteiger partial charge in [-0.05, 0) is 12.8 Å². The van der Waals surface area contributed by atoms with Crippen molar-refractivity contribution in [2.75, 3.05) is 6.61 Å². The summed E-state index contributed by atoms with van der Waals surface area (Å²) in [6.45, 7) is 0.694. The lowest BCUT2D eigenvalue weighted by Crippen LogP contribution is -2.24. The second-order valence-corrected chi connectivity index (χ2v) is 3.04. The number of hydrogen-bond acceptors (Lipinski definition) is 3. The van der Waals surface area contributed by atoms with Gasteiger partial charge in [-0.3, -0.25) is 9.78 Å². The van der Waals surface area contributed by atoms with Gasteiger partial charge in [0.2, 0.25) is 0 Å².